The second-order valence-electron chi connectivity index (χ2n) is 13.9. The highest BCUT2D eigenvalue weighted by Gasteiger charge is 2.41. The van der Waals surface area contributed by atoms with E-state index < -0.39 is 35.7 Å². The van der Waals surface area contributed by atoms with Gasteiger partial charge in [-0.15, -0.1) is 11.3 Å². The number of thiazole rings is 1. The number of likely N-dealkylation sites (tertiary alicyclic amines) is 1. The Hall–Kier alpha value is -4.04. The third kappa shape index (κ3) is 10.7. The molecule has 0 bridgehead atoms. The van der Waals surface area contributed by atoms with Gasteiger partial charge < -0.3 is 29.5 Å². The van der Waals surface area contributed by atoms with Crippen molar-refractivity contribution in [3.8, 4) is 5.75 Å². The number of aromatic nitrogens is 1. The van der Waals surface area contributed by atoms with Crippen molar-refractivity contribution >= 4 is 41.0 Å². The van der Waals surface area contributed by atoms with Crippen LogP contribution in [0, 0.1) is 5.92 Å². The van der Waals surface area contributed by atoms with Gasteiger partial charge >= 0.3 is 12.1 Å². The van der Waals surface area contributed by atoms with Crippen LogP contribution in [-0.4, -0.2) is 101 Å². The largest absolute Gasteiger partial charge is 0.491 e. The second-order valence-corrected chi connectivity index (χ2v) is 14.8. The van der Waals surface area contributed by atoms with Crippen LogP contribution < -0.4 is 10.1 Å². The molecule has 4 rings (SSSR count). The molecule has 274 valence electrons. The summed E-state index contributed by atoms with van der Waals surface area (Å²) in [6.07, 6.45) is 5.44. The number of benzene rings is 1. The molecule has 13 nitrogen and oxygen atoms in total. The van der Waals surface area contributed by atoms with Crippen molar-refractivity contribution in [3.63, 3.8) is 0 Å². The quantitative estimate of drug-likeness (QED) is 0.184. The van der Waals surface area contributed by atoms with Gasteiger partial charge in [0, 0.05) is 24.5 Å². The van der Waals surface area contributed by atoms with Gasteiger partial charge in [-0.3, -0.25) is 24.1 Å². The third-order valence-corrected chi connectivity index (χ3v) is 9.90. The van der Waals surface area contributed by atoms with Crippen LogP contribution >= 0.6 is 11.3 Å². The molecule has 1 aromatic carbocycles. The number of ether oxygens (including phenoxy) is 3. The fourth-order valence-corrected chi connectivity index (χ4v) is 7.10. The minimum Gasteiger partial charge on any atom is -0.491 e. The van der Waals surface area contributed by atoms with Crippen LogP contribution in [0.4, 0.5) is 4.79 Å². The van der Waals surface area contributed by atoms with Crippen LogP contribution in [0.1, 0.15) is 106 Å². The Morgan fingerprint density at radius 1 is 1.06 bits per heavy atom. The standard InChI is InChI=1S/C36H50N4O9S/c1-23(39(5)35(46)49-36(2,3)4)32(44)38-30(24-11-7-6-8-12-24)34(45)40-17-10-15-28(40)33-37-27(22-50-33)31(43)25-13-9-14-26(21-25)48-20-19-47-18-16-29(41)42/h9,13-14,21-24,28,30H,6-8,10-12,15-20H2,1-5H3,(H,38,44)(H,41,42)/t23?,28-,30?/m1/s1. The molecule has 2 aliphatic rings. The average molecular weight is 715 g/mol. The van der Waals surface area contributed by atoms with Crippen LogP contribution in [0.15, 0.2) is 29.6 Å². The number of carbonyl (C=O) groups excluding carboxylic acids is 4. The highest BCUT2D eigenvalue weighted by molar-refractivity contribution is 7.10. The number of hydrogen-bond donors (Lipinski definition) is 2. The minimum absolute atomic E-state index is 0.0280. The number of aliphatic carboxylic acids is 1. The molecule has 3 amide bonds. The molecule has 1 saturated heterocycles. The summed E-state index contributed by atoms with van der Waals surface area (Å²) in [6.45, 7) is 7.92. The molecule has 50 heavy (non-hydrogen) atoms. The number of carbonyl (C=O) groups is 5. The number of carboxylic acids is 1. The van der Waals surface area contributed by atoms with Crippen LogP contribution in [-0.2, 0) is 23.9 Å². The molecule has 1 saturated carbocycles. The fraction of sp³-hybridized carbons (Fsp3) is 0.611. The van der Waals surface area contributed by atoms with Gasteiger partial charge in [-0.1, -0.05) is 31.4 Å². The van der Waals surface area contributed by atoms with E-state index >= 15 is 0 Å². The van der Waals surface area contributed by atoms with Crippen molar-refractivity contribution in [2.75, 3.05) is 33.4 Å². The maximum absolute atomic E-state index is 14.3. The monoisotopic (exact) mass is 714 g/mol. The summed E-state index contributed by atoms with van der Waals surface area (Å²) in [5.41, 5.74) is -0.0425. The number of amides is 3. The smallest absolute Gasteiger partial charge is 0.410 e. The third-order valence-electron chi connectivity index (χ3n) is 8.96. The molecular weight excluding hydrogens is 664 g/mol. The zero-order valence-corrected chi connectivity index (χ0v) is 30.5. The molecule has 3 atom stereocenters. The van der Waals surface area contributed by atoms with Gasteiger partial charge in [0.2, 0.25) is 17.6 Å². The molecule has 14 heteroatoms. The van der Waals surface area contributed by atoms with Gasteiger partial charge in [0.05, 0.1) is 25.7 Å². The lowest BCUT2D eigenvalue weighted by atomic mass is 9.83. The SMILES string of the molecule is CC(C(=O)NC(C(=O)N1CCC[C@@H]1c1nc(C(=O)c2cccc(OCCOCCC(=O)O)c2)cs1)C1CCCCC1)N(C)C(=O)OC(C)(C)C. The van der Waals surface area contributed by atoms with Gasteiger partial charge in [0.15, 0.2) is 0 Å². The number of carboxylic acid groups (broad SMARTS) is 1. The molecule has 1 aliphatic carbocycles. The first-order valence-corrected chi connectivity index (χ1v) is 18.2. The normalized spacial score (nSPS) is 17.9. The van der Waals surface area contributed by atoms with E-state index in [4.69, 9.17) is 24.3 Å². The molecule has 0 radical (unpaired) electrons. The van der Waals surface area contributed by atoms with Crippen LogP contribution in [0.5, 0.6) is 5.75 Å². The highest BCUT2D eigenvalue weighted by Crippen LogP contribution is 2.36. The predicted octanol–water partition coefficient (Wildman–Crippen LogP) is 5.23. The van der Waals surface area contributed by atoms with E-state index in [-0.39, 0.29) is 55.6 Å². The lowest BCUT2D eigenvalue weighted by molar-refractivity contribution is -0.140. The number of likely N-dealkylation sites (N-methyl/N-ethyl adjacent to an activating group) is 1. The van der Waals surface area contributed by atoms with Crippen LogP contribution in [0.3, 0.4) is 0 Å². The van der Waals surface area contributed by atoms with Crippen LogP contribution in [0.2, 0.25) is 0 Å². The second kappa shape index (κ2) is 17.8. The summed E-state index contributed by atoms with van der Waals surface area (Å²) in [5, 5.41) is 14.1. The molecule has 2 heterocycles. The van der Waals surface area contributed by atoms with E-state index in [0.29, 0.717) is 29.3 Å². The summed E-state index contributed by atoms with van der Waals surface area (Å²) in [7, 11) is 1.51. The van der Waals surface area contributed by atoms with Gasteiger partial charge in [-0.05, 0) is 71.4 Å². The fourth-order valence-electron chi connectivity index (χ4n) is 6.16. The maximum atomic E-state index is 14.3. The Kier molecular flexibility index (Phi) is 13.8. The predicted molar refractivity (Wildman–Crippen MR) is 186 cm³/mol. The van der Waals surface area contributed by atoms with Gasteiger partial charge in [0.25, 0.3) is 0 Å². The summed E-state index contributed by atoms with van der Waals surface area (Å²) in [4.78, 5) is 72.3. The first-order chi connectivity index (χ1) is 23.7. The Morgan fingerprint density at radius 3 is 2.50 bits per heavy atom. The van der Waals surface area contributed by atoms with Crippen LogP contribution in [0.25, 0.3) is 0 Å². The molecule has 0 spiro atoms. The first-order valence-electron chi connectivity index (χ1n) is 17.3. The van der Waals surface area contributed by atoms with Crippen molar-refractivity contribution in [2.24, 2.45) is 5.92 Å². The summed E-state index contributed by atoms with van der Waals surface area (Å²) in [6, 6.07) is 4.82. The highest BCUT2D eigenvalue weighted by atomic mass is 32.1. The van der Waals surface area contributed by atoms with E-state index in [1.165, 1.54) is 23.3 Å². The van der Waals surface area contributed by atoms with Gasteiger partial charge in [0.1, 0.15) is 40.7 Å². The number of nitrogens with zero attached hydrogens (tertiary/aromatic N) is 3. The van der Waals surface area contributed by atoms with E-state index in [0.717, 1.165) is 38.5 Å². The van der Waals surface area contributed by atoms with Crippen molar-refractivity contribution in [1.29, 1.82) is 0 Å². The summed E-state index contributed by atoms with van der Waals surface area (Å²) >= 11 is 1.34. The average Bonchev–Trinajstić information content (AvgIpc) is 3.77. The van der Waals surface area contributed by atoms with Gasteiger partial charge in [-0.2, -0.15) is 0 Å². The Bertz CT molecular complexity index is 1500. The topological polar surface area (TPSA) is 165 Å². The van der Waals surface area contributed by atoms with E-state index in [2.05, 4.69) is 5.32 Å². The van der Waals surface area contributed by atoms with E-state index in [9.17, 15) is 24.0 Å². The van der Waals surface area contributed by atoms with Crippen molar-refractivity contribution in [2.45, 2.75) is 103 Å². The van der Waals surface area contributed by atoms with E-state index in [1.54, 1.807) is 62.2 Å². The number of nitrogens with one attached hydrogen (secondary N) is 1. The zero-order valence-electron chi connectivity index (χ0n) is 29.6. The van der Waals surface area contributed by atoms with Crippen molar-refractivity contribution < 1.29 is 43.3 Å². The number of rotatable bonds is 15. The molecule has 2 fully saturated rings. The summed E-state index contributed by atoms with van der Waals surface area (Å²) < 4.78 is 16.4. The zero-order chi connectivity index (χ0) is 36.4. The number of hydrogen-bond acceptors (Lipinski definition) is 10. The molecule has 1 aliphatic heterocycles. The molecular formula is C36H50N4O9S. The van der Waals surface area contributed by atoms with Gasteiger partial charge in [-0.25, -0.2) is 9.78 Å². The van der Waals surface area contributed by atoms with E-state index in [1.807, 2.05) is 0 Å². The molecule has 2 unspecified atom stereocenters. The van der Waals surface area contributed by atoms with Crippen molar-refractivity contribution in [1.82, 2.24) is 20.1 Å². The lowest BCUT2D eigenvalue weighted by Gasteiger charge is -2.36. The molecule has 2 aromatic rings. The lowest BCUT2D eigenvalue weighted by Crippen LogP contribution is -2.56. The molecule has 2 N–H and O–H groups in total. The maximum Gasteiger partial charge on any atom is 0.410 e. The Balaban J connectivity index is 1.43. The first kappa shape index (κ1) is 38.8. The minimum atomic E-state index is -0.932. The Labute approximate surface area is 297 Å². The van der Waals surface area contributed by atoms with Crippen molar-refractivity contribution in [3.05, 3.63) is 45.9 Å². The summed E-state index contributed by atoms with van der Waals surface area (Å²) in [5.74, 6) is -1.35. The Morgan fingerprint density at radius 2 is 1.80 bits per heavy atom. The number of ketones is 1. The molecule has 1 aromatic heterocycles.